The SMILES string of the molecule is CCNc1cnccc1C(=O)Nc1ccc(F)c(OC)c1. The number of hydrogen-bond acceptors (Lipinski definition) is 4. The number of pyridine rings is 1. The zero-order valence-electron chi connectivity index (χ0n) is 11.8. The fraction of sp³-hybridized carbons (Fsp3) is 0.200. The van der Waals surface area contributed by atoms with E-state index in [1.165, 1.54) is 25.3 Å². The van der Waals surface area contributed by atoms with Crippen molar-refractivity contribution in [3.8, 4) is 5.75 Å². The van der Waals surface area contributed by atoms with Gasteiger partial charge < -0.3 is 15.4 Å². The van der Waals surface area contributed by atoms with Crippen LogP contribution in [0.3, 0.4) is 0 Å². The molecule has 1 amide bonds. The molecular formula is C15H16FN3O2. The van der Waals surface area contributed by atoms with Crippen molar-refractivity contribution in [3.05, 3.63) is 48.0 Å². The second-order valence-corrected chi connectivity index (χ2v) is 4.26. The molecule has 2 N–H and O–H groups in total. The Morgan fingerprint density at radius 3 is 2.90 bits per heavy atom. The van der Waals surface area contributed by atoms with Crippen LogP contribution in [0.15, 0.2) is 36.7 Å². The normalized spacial score (nSPS) is 10.0. The van der Waals surface area contributed by atoms with Crippen LogP contribution in [0, 0.1) is 5.82 Å². The van der Waals surface area contributed by atoms with E-state index in [4.69, 9.17) is 4.74 Å². The lowest BCUT2D eigenvalue weighted by molar-refractivity contribution is 0.102. The predicted molar refractivity (Wildman–Crippen MR) is 79.3 cm³/mol. The molecule has 6 heteroatoms. The van der Waals surface area contributed by atoms with E-state index in [9.17, 15) is 9.18 Å². The molecular weight excluding hydrogens is 273 g/mol. The van der Waals surface area contributed by atoms with Crippen molar-refractivity contribution in [3.63, 3.8) is 0 Å². The number of nitrogens with zero attached hydrogens (tertiary/aromatic N) is 1. The molecule has 1 aromatic heterocycles. The Morgan fingerprint density at radius 1 is 1.38 bits per heavy atom. The van der Waals surface area contributed by atoms with Gasteiger partial charge in [0.1, 0.15) is 0 Å². The van der Waals surface area contributed by atoms with Gasteiger partial charge in [0.2, 0.25) is 0 Å². The van der Waals surface area contributed by atoms with Gasteiger partial charge in [-0.25, -0.2) is 4.39 Å². The van der Waals surface area contributed by atoms with Gasteiger partial charge in [0.05, 0.1) is 24.6 Å². The first kappa shape index (κ1) is 14.8. The number of aromatic nitrogens is 1. The summed E-state index contributed by atoms with van der Waals surface area (Å²) < 4.78 is 18.2. The summed E-state index contributed by atoms with van der Waals surface area (Å²) in [5, 5.41) is 5.77. The van der Waals surface area contributed by atoms with Crippen LogP contribution in [0.2, 0.25) is 0 Å². The summed E-state index contributed by atoms with van der Waals surface area (Å²) in [6.07, 6.45) is 3.13. The minimum atomic E-state index is -0.479. The molecule has 0 atom stereocenters. The number of halogens is 1. The minimum Gasteiger partial charge on any atom is -0.494 e. The first-order chi connectivity index (χ1) is 10.2. The number of nitrogens with one attached hydrogen (secondary N) is 2. The summed E-state index contributed by atoms with van der Waals surface area (Å²) in [5.41, 5.74) is 1.57. The fourth-order valence-electron chi connectivity index (χ4n) is 1.86. The van der Waals surface area contributed by atoms with Crippen molar-refractivity contribution < 1.29 is 13.9 Å². The molecule has 0 unspecified atom stereocenters. The second-order valence-electron chi connectivity index (χ2n) is 4.26. The van der Waals surface area contributed by atoms with E-state index >= 15 is 0 Å². The minimum absolute atomic E-state index is 0.0782. The Hall–Kier alpha value is -2.63. The summed E-state index contributed by atoms with van der Waals surface area (Å²) in [5.74, 6) is -0.704. The third-order valence-electron chi connectivity index (χ3n) is 2.84. The van der Waals surface area contributed by atoms with Crippen molar-refractivity contribution in [2.75, 3.05) is 24.3 Å². The Morgan fingerprint density at radius 2 is 2.19 bits per heavy atom. The molecule has 2 rings (SSSR count). The van der Waals surface area contributed by atoms with E-state index in [0.29, 0.717) is 23.5 Å². The molecule has 0 saturated carbocycles. The fourth-order valence-corrected chi connectivity index (χ4v) is 1.86. The molecule has 0 spiro atoms. The Balaban J connectivity index is 2.22. The summed E-state index contributed by atoms with van der Waals surface area (Å²) in [4.78, 5) is 16.3. The van der Waals surface area contributed by atoms with Gasteiger partial charge in [0.25, 0.3) is 5.91 Å². The molecule has 2 aromatic rings. The monoisotopic (exact) mass is 289 g/mol. The molecule has 110 valence electrons. The number of amides is 1. The Labute approximate surface area is 122 Å². The molecule has 0 aliphatic heterocycles. The highest BCUT2D eigenvalue weighted by atomic mass is 19.1. The molecule has 0 bridgehead atoms. The molecule has 1 aromatic carbocycles. The number of carbonyl (C=O) groups is 1. The van der Waals surface area contributed by atoms with E-state index < -0.39 is 5.82 Å². The molecule has 1 heterocycles. The van der Waals surface area contributed by atoms with E-state index in [0.717, 1.165) is 0 Å². The third-order valence-corrected chi connectivity index (χ3v) is 2.84. The molecule has 0 aliphatic rings. The van der Waals surface area contributed by atoms with Crippen LogP contribution in [0.1, 0.15) is 17.3 Å². The molecule has 0 saturated heterocycles. The van der Waals surface area contributed by atoms with Gasteiger partial charge >= 0.3 is 0 Å². The van der Waals surface area contributed by atoms with E-state index in [1.807, 2.05) is 6.92 Å². The van der Waals surface area contributed by atoms with Crippen molar-refractivity contribution in [1.82, 2.24) is 4.98 Å². The van der Waals surface area contributed by atoms with Crippen molar-refractivity contribution >= 4 is 17.3 Å². The quantitative estimate of drug-likeness (QED) is 0.888. The topological polar surface area (TPSA) is 63.2 Å². The number of carbonyl (C=O) groups excluding carboxylic acids is 1. The maximum atomic E-state index is 13.3. The van der Waals surface area contributed by atoms with Crippen LogP contribution >= 0.6 is 0 Å². The average molecular weight is 289 g/mol. The maximum Gasteiger partial charge on any atom is 0.257 e. The zero-order valence-corrected chi connectivity index (χ0v) is 11.8. The predicted octanol–water partition coefficient (Wildman–Crippen LogP) is 2.91. The van der Waals surface area contributed by atoms with Crippen LogP contribution in [0.5, 0.6) is 5.75 Å². The molecule has 0 radical (unpaired) electrons. The largest absolute Gasteiger partial charge is 0.494 e. The van der Waals surface area contributed by atoms with Crippen LogP contribution < -0.4 is 15.4 Å². The van der Waals surface area contributed by atoms with Gasteiger partial charge in [0, 0.05) is 24.5 Å². The highest BCUT2D eigenvalue weighted by Crippen LogP contribution is 2.22. The lowest BCUT2D eigenvalue weighted by Crippen LogP contribution is -2.15. The first-order valence-electron chi connectivity index (χ1n) is 6.48. The second kappa shape index (κ2) is 6.69. The van der Waals surface area contributed by atoms with Crippen LogP contribution in [-0.2, 0) is 0 Å². The molecule has 21 heavy (non-hydrogen) atoms. The van der Waals surface area contributed by atoms with Gasteiger partial charge in [-0.05, 0) is 25.1 Å². The standard InChI is InChI=1S/C15H16FN3O2/c1-3-18-13-9-17-7-6-11(13)15(20)19-10-4-5-12(16)14(8-10)21-2/h4-9,18H,3H2,1-2H3,(H,19,20). The average Bonchev–Trinajstić information content (AvgIpc) is 2.50. The number of ether oxygens (including phenoxy) is 1. The van der Waals surface area contributed by atoms with Gasteiger partial charge in [-0.3, -0.25) is 9.78 Å². The summed E-state index contributed by atoms with van der Waals surface area (Å²) in [6, 6.07) is 5.77. The summed E-state index contributed by atoms with van der Waals surface area (Å²) in [6.45, 7) is 2.61. The van der Waals surface area contributed by atoms with Crippen LogP contribution in [0.4, 0.5) is 15.8 Å². The number of hydrogen-bond donors (Lipinski definition) is 2. The van der Waals surface area contributed by atoms with E-state index in [1.54, 1.807) is 18.5 Å². The number of methoxy groups -OCH3 is 1. The van der Waals surface area contributed by atoms with Crippen molar-refractivity contribution in [2.45, 2.75) is 6.92 Å². The van der Waals surface area contributed by atoms with Gasteiger partial charge in [-0.1, -0.05) is 0 Å². The molecule has 5 nitrogen and oxygen atoms in total. The zero-order chi connectivity index (χ0) is 15.2. The van der Waals surface area contributed by atoms with Gasteiger partial charge in [0.15, 0.2) is 11.6 Å². The smallest absolute Gasteiger partial charge is 0.257 e. The Kier molecular flexibility index (Phi) is 4.71. The van der Waals surface area contributed by atoms with E-state index in [2.05, 4.69) is 15.6 Å². The maximum absolute atomic E-state index is 13.3. The highest BCUT2D eigenvalue weighted by Gasteiger charge is 2.12. The lowest BCUT2D eigenvalue weighted by Gasteiger charge is -2.11. The highest BCUT2D eigenvalue weighted by molar-refractivity contribution is 6.07. The summed E-state index contributed by atoms with van der Waals surface area (Å²) in [7, 11) is 1.37. The Bertz CT molecular complexity index is 647. The van der Waals surface area contributed by atoms with Crippen molar-refractivity contribution in [2.24, 2.45) is 0 Å². The van der Waals surface area contributed by atoms with Crippen LogP contribution in [-0.4, -0.2) is 24.5 Å². The first-order valence-corrected chi connectivity index (χ1v) is 6.48. The van der Waals surface area contributed by atoms with Crippen LogP contribution in [0.25, 0.3) is 0 Å². The van der Waals surface area contributed by atoms with E-state index in [-0.39, 0.29) is 11.7 Å². The molecule has 0 fully saturated rings. The number of anilines is 2. The van der Waals surface area contributed by atoms with Crippen molar-refractivity contribution in [1.29, 1.82) is 0 Å². The number of benzene rings is 1. The van der Waals surface area contributed by atoms with Gasteiger partial charge in [-0.15, -0.1) is 0 Å². The molecule has 0 aliphatic carbocycles. The lowest BCUT2D eigenvalue weighted by atomic mass is 10.2. The summed E-state index contributed by atoms with van der Waals surface area (Å²) >= 11 is 0. The third kappa shape index (κ3) is 3.47. The van der Waals surface area contributed by atoms with Gasteiger partial charge in [-0.2, -0.15) is 0 Å². The number of rotatable bonds is 5.